The number of carbonyl (C=O) groups is 2. The Morgan fingerprint density at radius 2 is 2.04 bits per heavy atom. The lowest BCUT2D eigenvalue weighted by atomic mass is 9.90. The number of methoxy groups -OCH3 is 1. The second-order valence-corrected chi connectivity index (χ2v) is 6.59. The predicted molar refractivity (Wildman–Crippen MR) is 88.7 cm³/mol. The van der Waals surface area contributed by atoms with Crippen molar-refractivity contribution in [3.8, 4) is 11.5 Å². The number of nitrogens with one attached hydrogen (secondary N) is 1. The summed E-state index contributed by atoms with van der Waals surface area (Å²) in [4.78, 5) is 24.9. The molecule has 0 saturated carbocycles. The van der Waals surface area contributed by atoms with E-state index in [1.54, 1.807) is 6.92 Å². The summed E-state index contributed by atoms with van der Waals surface area (Å²) >= 11 is 0. The molecule has 10 heteroatoms. The second-order valence-electron chi connectivity index (χ2n) is 6.59. The molecule has 1 unspecified atom stereocenters. The molecule has 0 aliphatic carbocycles. The van der Waals surface area contributed by atoms with E-state index >= 15 is 0 Å². The topological polar surface area (TPSA) is 88.1 Å². The summed E-state index contributed by atoms with van der Waals surface area (Å²) in [5.41, 5.74) is -0.363. The van der Waals surface area contributed by atoms with Gasteiger partial charge in [0.25, 0.3) is 0 Å². The number of hydrogen-bond donors (Lipinski definition) is 2. The summed E-state index contributed by atoms with van der Waals surface area (Å²) in [5, 5.41) is 11.9. The highest BCUT2D eigenvalue weighted by Crippen LogP contribution is 2.31. The number of rotatable bonds is 6. The Morgan fingerprint density at radius 1 is 1.33 bits per heavy atom. The minimum absolute atomic E-state index is 0.0540. The van der Waals surface area contributed by atoms with Crippen LogP contribution in [0.3, 0.4) is 0 Å². The van der Waals surface area contributed by atoms with Crippen molar-refractivity contribution in [2.45, 2.75) is 26.1 Å². The highest BCUT2D eigenvalue weighted by molar-refractivity contribution is 5.79. The van der Waals surface area contributed by atoms with Crippen molar-refractivity contribution >= 4 is 12.0 Å². The lowest BCUT2D eigenvalue weighted by Gasteiger charge is -2.20. The Bertz CT molecular complexity index is 710. The minimum atomic E-state index is -4.46. The third-order valence-corrected chi connectivity index (χ3v) is 4.34. The average Bonchev–Trinajstić information content (AvgIpc) is 3.01. The number of aliphatic carboxylic acids is 1. The van der Waals surface area contributed by atoms with Crippen molar-refractivity contribution in [1.82, 2.24) is 10.2 Å². The summed E-state index contributed by atoms with van der Waals surface area (Å²) in [5.74, 6) is -0.885. The second kappa shape index (κ2) is 7.93. The minimum Gasteiger partial charge on any atom is -0.493 e. The van der Waals surface area contributed by atoms with E-state index in [0.717, 1.165) is 0 Å². The van der Waals surface area contributed by atoms with Gasteiger partial charge in [0.05, 0.1) is 12.5 Å². The van der Waals surface area contributed by atoms with Crippen LogP contribution >= 0.6 is 0 Å². The molecule has 1 atom stereocenters. The number of hydrogen-bond acceptors (Lipinski definition) is 4. The maximum absolute atomic E-state index is 12.3. The molecule has 1 heterocycles. The highest BCUT2D eigenvalue weighted by atomic mass is 19.4. The number of carboxylic acid groups (broad SMARTS) is 1. The molecule has 2 N–H and O–H groups in total. The van der Waals surface area contributed by atoms with Crippen LogP contribution in [0.25, 0.3) is 0 Å². The fraction of sp³-hybridized carbons (Fsp3) is 0.529. The molecule has 0 aromatic heterocycles. The molecule has 1 aliphatic rings. The Morgan fingerprint density at radius 3 is 2.59 bits per heavy atom. The molecule has 1 aromatic carbocycles. The average molecular weight is 390 g/mol. The smallest absolute Gasteiger partial charge is 0.422 e. The van der Waals surface area contributed by atoms with Crippen molar-refractivity contribution in [2.75, 3.05) is 26.8 Å². The zero-order valence-corrected chi connectivity index (χ0v) is 14.9. The Labute approximate surface area is 154 Å². The zero-order valence-electron chi connectivity index (χ0n) is 14.9. The van der Waals surface area contributed by atoms with E-state index in [1.807, 2.05) is 0 Å². The van der Waals surface area contributed by atoms with Gasteiger partial charge in [-0.3, -0.25) is 4.79 Å². The number of likely N-dealkylation sites (tertiary alicyclic amines) is 1. The van der Waals surface area contributed by atoms with Crippen LogP contribution in [0.5, 0.6) is 11.5 Å². The van der Waals surface area contributed by atoms with Crippen molar-refractivity contribution in [3.63, 3.8) is 0 Å². The molecule has 7 nitrogen and oxygen atoms in total. The summed E-state index contributed by atoms with van der Waals surface area (Å²) in [7, 11) is 1.30. The summed E-state index contributed by atoms with van der Waals surface area (Å²) in [6.45, 7) is 0.711. The maximum Gasteiger partial charge on any atom is 0.422 e. The zero-order chi connectivity index (χ0) is 20.2. The van der Waals surface area contributed by atoms with Crippen LogP contribution in [-0.2, 0) is 11.3 Å². The van der Waals surface area contributed by atoms with Crippen molar-refractivity contribution in [2.24, 2.45) is 5.41 Å². The van der Waals surface area contributed by atoms with Crippen LogP contribution in [0, 0.1) is 5.41 Å². The summed E-state index contributed by atoms with van der Waals surface area (Å²) < 4.78 is 46.5. The van der Waals surface area contributed by atoms with E-state index in [9.17, 15) is 27.9 Å². The normalized spacial score (nSPS) is 19.7. The predicted octanol–water partition coefficient (Wildman–Crippen LogP) is 2.64. The molecule has 0 bridgehead atoms. The van der Waals surface area contributed by atoms with Gasteiger partial charge in [0, 0.05) is 19.6 Å². The lowest BCUT2D eigenvalue weighted by molar-refractivity contribution is -0.153. The Hall–Kier alpha value is -2.65. The number of halogens is 3. The number of carboxylic acids is 1. The van der Waals surface area contributed by atoms with Gasteiger partial charge in [0.15, 0.2) is 18.1 Å². The quantitative estimate of drug-likeness (QED) is 0.780. The first kappa shape index (κ1) is 20.7. The van der Waals surface area contributed by atoms with Gasteiger partial charge < -0.3 is 24.8 Å². The van der Waals surface area contributed by atoms with Gasteiger partial charge >= 0.3 is 18.2 Å². The molecule has 2 rings (SSSR count). The maximum atomic E-state index is 12.3. The van der Waals surface area contributed by atoms with Crippen molar-refractivity contribution in [3.05, 3.63) is 23.8 Å². The molecule has 1 aromatic rings. The number of amides is 2. The van der Waals surface area contributed by atoms with E-state index in [-0.39, 0.29) is 24.6 Å². The van der Waals surface area contributed by atoms with Crippen LogP contribution in [0.4, 0.5) is 18.0 Å². The Balaban J connectivity index is 1.94. The van der Waals surface area contributed by atoms with E-state index in [4.69, 9.17) is 9.47 Å². The molecule has 27 heavy (non-hydrogen) atoms. The van der Waals surface area contributed by atoms with Gasteiger partial charge in [-0.15, -0.1) is 0 Å². The standard InChI is InChI=1S/C17H21F3N2O5/c1-16(14(23)24)5-6-22(9-16)15(25)21-8-11-3-4-12(13(7-11)26-2)27-10-17(18,19)20/h3-4,7H,5-6,8-10H2,1-2H3,(H,21,25)(H,23,24). The number of urea groups is 1. The van der Waals surface area contributed by atoms with Gasteiger partial charge in [0.1, 0.15) is 0 Å². The van der Waals surface area contributed by atoms with E-state index in [0.29, 0.717) is 18.5 Å². The summed E-state index contributed by atoms with van der Waals surface area (Å²) in [6, 6.07) is 3.91. The van der Waals surface area contributed by atoms with E-state index < -0.39 is 30.2 Å². The van der Waals surface area contributed by atoms with Gasteiger partial charge in [-0.2, -0.15) is 13.2 Å². The first-order valence-electron chi connectivity index (χ1n) is 8.17. The van der Waals surface area contributed by atoms with Crippen molar-refractivity contribution < 1.29 is 37.3 Å². The van der Waals surface area contributed by atoms with E-state index in [1.165, 1.54) is 30.2 Å². The number of ether oxygens (including phenoxy) is 2. The third-order valence-electron chi connectivity index (χ3n) is 4.34. The number of alkyl halides is 3. The van der Waals surface area contributed by atoms with Crippen LogP contribution in [0.1, 0.15) is 18.9 Å². The number of benzene rings is 1. The highest BCUT2D eigenvalue weighted by Gasteiger charge is 2.42. The molecule has 150 valence electrons. The van der Waals surface area contributed by atoms with Gasteiger partial charge in [-0.1, -0.05) is 6.07 Å². The number of carbonyl (C=O) groups excluding carboxylic acids is 1. The largest absolute Gasteiger partial charge is 0.493 e. The third kappa shape index (κ3) is 5.41. The Kier molecular flexibility index (Phi) is 6.07. The van der Waals surface area contributed by atoms with Gasteiger partial charge in [-0.05, 0) is 31.0 Å². The molecule has 1 saturated heterocycles. The first-order valence-corrected chi connectivity index (χ1v) is 8.17. The van der Waals surface area contributed by atoms with Crippen LogP contribution in [0.2, 0.25) is 0 Å². The van der Waals surface area contributed by atoms with Crippen LogP contribution in [0.15, 0.2) is 18.2 Å². The molecular formula is C17H21F3N2O5. The molecular weight excluding hydrogens is 369 g/mol. The first-order chi connectivity index (χ1) is 12.5. The van der Waals surface area contributed by atoms with Gasteiger partial charge in [0.2, 0.25) is 0 Å². The molecule has 0 spiro atoms. The summed E-state index contributed by atoms with van der Waals surface area (Å²) in [6.07, 6.45) is -4.09. The SMILES string of the molecule is COc1cc(CNC(=O)N2CCC(C)(C(=O)O)C2)ccc1OCC(F)(F)F. The van der Waals surface area contributed by atoms with Crippen LogP contribution < -0.4 is 14.8 Å². The fourth-order valence-electron chi connectivity index (χ4n) is 2.70. The lowest BCUT2D eigenvalue weighted by Crippen LogP contribution is -2.40. The molecule has 0 radical (unpaired) electrons. The van der Waals surface area contributed by atoms with E-state index in [2.05, 4.69) is 5.32 Å². The molecule has 1 aliphatic heterocycles. The van der Waals surface area contributed by atoms with Crippen molar-refractivity contribution in [1.29, 1.82) is 0 Å². The number of nitrogens with zero attached hydrogens (tertiary/aromatic N) is 1. The van der Waals surface area contributed by atoms with Crippen LogP contribution in [-0.4, -0.2) is 55.0 Å². The monoisotopic (exact) mass is 390 g/mol. The molecule has 2 amide bonds. The van der Waals surface area contributed by atoms with Gasteiger partial charge in [-0.25, -0.2) is 4.79 Å². The fourth-order valence-corrected chi connectivity index (χ4v) is 2.70. The molecule has 1 fully saturated rings.